The SMILES string of the molecule is Cc1ccc(C(O)(CO)C(F)F)cc1-c1cnc(N)c(C(=O)N2CCCC2CO)n1. The van der Waals surface area contributed by atoms with E-state index in [2.05, 4.69) is 9.97 Å². The van der Waals surface area contributed by atoms with E-state index in [4.69, 9.17) is 5.73 Å². The number of hydrogen-bond acceptors (Lipinski definition) is 7. The van der Waals surface area contributed by atoms with E-state index in [1.807, 2.05) is 0 Å². The summed E-state index contributed by atoms with van der Waals surface area (Å²) < 4.78 is 26.7. The third kappa shape index (κ3) is 3.85. The van der Waals surface area contributed by atoms with Gasteiger partial charge in [-0.25, -0.2) is 18.7 Å². The first-order valence-electron chi connectivity index (χ1n) is 9.50. The number of halogens is 2. The zero-order chi connectivity index (χ0) is 22.1. The van der Waals surface area contributed by atoms with Crippen LogP contribution in [-0.2, 0) is 5.60 Å². The number of nitrogens with two attached hydrogens (primary N) is 1. The van der Waals surface area contributed by atoms with Crippen molar-refractivity contribution in [2.75, 3.05) is 25.5 Å². The summed E-state index contributed by atoms with van der Waals surface area (Å²) in [6, 6.07) is 3.78. The number of carbonyl (C=O) groups excluding carboxylic acids is 1. The van der Waals surface area contributed by atoms with Gasteiger partial charge in [0.05, 0.1) is 31.1 Å². The molecule has 0 radical (unpaired) electrons. The van der Waals surface area contributed by atoms with Crippen LogP contribution in [0.2, 0.25) is 0 Å². The minimum Gasteiger partial charge on any atom is -0.394 e. The fraction of sp³-hybridized carbons (Fsp3) is 0.450. The Morgan fingerprint density at radius 1 is 1.40 bits per heavy atom. The molecule has 1 aliphatic rings. The standard InChI is InChI=1S/C20H24F2N4O4/c1-11-4-5-12(20(30,10-28)19(21)22)7-14(11)15-8-24-17(23)16(25-15)18(29)26-6-2-3-13(26)9-27/h4-5,7-8,13,19,27-28,30H,2-3,6,9-10H2,1H3,(H2,23,24). The Morgan fingerprint density at radius 2 is 2.13 bits per heavy atom. The largest absolute Gasteiger partial charge is 0.394 e. The van der Waals surface area contributed by atoms with Gasteiger partial charge in [0.1, 0.15) is 0 Å². The summed E-state index contributed by atoms with van der Waals surface area (Å²) in [7, 11) is 0. The Morgan fingerprint density at radius 3 is 2.77 bits per heavy atom. The minimum absolute atomic E-state index is 0.0828. The smallest absolute Gasteiger partial charge is 0.276 e. The molecule has 10 heteroatoms. The second kappa shape index (κ2) is 8.58. The number of benzene rings is 1. The molecule has 5 N–H and O–H groups in total. The maximum absolute atomic E-state index is 13.3. The molecule has 2 atom stereocenters. The monoisotopic (exact) mass is 422 g/mol. The van der Waals surface area contributed by atoms with Crippen LogP contribution in [0.4, 0.5) is 14.6 Å². The molecule has 2 unspecified atom stereocenters. The van der Waals surface area contributed by atoms with Crippen molar-refractivity contribution in [1.29, 1.82) is 0 Å². The van der Waals surface area contributed by atoms with Crippen LogP contribution in [0, 0.1) is 6.92 Å². The van der Waals surface area contributed by atoms with E-state index in [0.29, 0.717) is 24.1 Å². The molecule has 1 aliphatic heterocycles. The van der Waals surface area contributed by atoms with Gasteiger partial charge in [-0.2, -0.15) is 0 Å². The molecule has 2 heterocycles. The van der Waals surface area contributed by atoms with Crippen LogP contribution in [0.5, 0.6) is 0 Å². The molecular formula is C20H24F2N4O4. The number of aliphatic hydroxyl groups is 3. The quantitative estimate of drug-likeness (QED) is 0.547. The number of hydrogen-bond donors (Lipinski definition) is 4. The topological polar surface area (TPSA) is 133 Å². The molecule has 0 bridgehead atoms. The summed E-state index contributed by atoms with van der Waals surface area (Å²) in [4.78, 5) is 22.8. The fourth-order valence-corrected chi connectivity index (χ4v) is 3.57. The molecule has 8 nitrogen and oxygen atoms in total. The van der Waals surface area contributed by atoms with Gasteiger partial charge in [-0.05, 0) is 37.0 Å². The van der Waals surface area contributed by atoms with Crippen molar-refractivity contribution in [3.05, 3.63) is 41.2 Å². The van der Waals surface area contributed by atoms with E-state index in [-0.39, 0.29) is 35.4 Å². The van der Waals surface area contributed by atoms with Gasteiger partial charge in [-0.15, -0.1) is 0 Å². The molecular weight excluding hydrogens is 398 g/mol. The molecule has 0 spiro atoms. The molecule has 1 amide bonds. The number of carbonyl (C=O) groups is 1. The summed E-state index contributed by atoms with van der Waals surface area (Å²) in [6.45, 7) is 0.832. The average Bonchev–Trinajstić information content (AvgIpc) is 3.22. The Bertz CT molecular complexity index is 943. The number of aliphatic hydroxyl groups excluding tert-OH is 2. The van der Waals surface area contributed by atoms with Gasteiger partial charge in [0.25, 0.3) is 12.3 Å². The van der Waals surface area contributed by atoms with Crippen molar-refractivity contribution in [1.82, 2.24) is 14.9 Å². The molecule has 1 aromatic carbocycles. The number of nitrogen functional groups attached to an aromatic ring is 1. The van der Waals surface area contributed by atoms with Gasteiger partial charge in [-0.3, -0.25) is 4.79 Å². The molecule has 2 aromatic rings. The molecule has 0 aliphatic carbocycles. The zero-order valence-electron chi connectivity index (χ0n) is 16.4. The van der Waals surface area contributed by atoms with Crippen LogP contribution in [0.15, 0.2) is 24.4 Å². The summed E-state index contributed by atoms with van der Waals surface area (Å²) in [5.41, 5.74) is 4.07. The second-order valence-corrected chi connectivity index (χ2v) is 7.38. The van der Waals surface area contributed by atoms with Crippen molar-refractivity contribution >= 4 is 11.7 Å². The van der Waals surface area contributed by atoms with Crippen molar-refractivity contribution in [3.63, 3.8) is 0 Å². The number of anilines is 1. The number of aromatic nitrogens is 2. The van der Waals surface area contributed by atoms with E-state index < -0.39 is 24.5 Å². The Balaban J connectivity index is 2.04. The van der Waals surface area contributed by atoms with Crippen LogP contribution >= 0.6 is 0 Å². The van der Waals surface area contributed by atoms with E-state index in [0.717, 1.165) is 6.42 Å². The molecule has 1 fully saturated rings. The van der Waals surface area contributed by atoms with E-state index in [1.54, 1.807) is 6.92 Å². The maximum atomic E-state index is 13.3. The number of rotatable bonds is 6. The van der Waals surface area contributed by atoms with Crippen LogP contribution in [0.3, 0.4) is 0 Å². The van der Waals surface area contributed by atoms with Gasteiger partial charge >= 0.3 is 0 Å². The fourth-order valence-electron chi connectivity index (χ4n) is 3.57. The lowest BCUT2D eigenvalue weighted by Crippen LogP contribution is -2.38. The van der Waals surface area contributed by atoms with E-state index in [9.17, 15) is 28.9 Å². The van der Waals surface area contributed by atoms with Gasteiger partial charge in [0.2, 0.25) is 0 Å². The lowest BCUT2D eigenvalue weighted by Gasteiger charge is -2.26. The summed E-state index contributed by atoms with van der Waals surface area (Å²) in [6.07, 6.45) is -0.479. The number of likely N-dealkylation sites (tertiary alicyclic amines) is 1. The van der Waals surface area contributed by atoms with Gasteiger partial charge in [0.15, 0.2) is 17.1 Å². The van der Waals surface area contributed by atoms with E-state index >= 15 is 0 Å². The molecule has 0 saturated carbocycles. The van der Waals surface area contributed by atoms with Crippen molar-refractivity contribution < 1.29 is 28.9 Å². The predicted octanol–water partition coefficient (Wildman–Crippen LogP) is 1.08. The molecule has 3 rings (SSSR count). The summed E-state index contributed by atoms with van der Waals surface area (Å²) in [5, 5.41) is 29.0. The third-order valence-electron chi connectivity index (χ3n) is 5.47. The summed E-state index contributed by atoms with van der Waals surface area (Å²) >= 11 is 0. The summed E-state index contributed by atoms with van der Waals surface area (Å²) in [5.74, 6) is -0.549. The van der Waals surface area contributed by atoms with E-state index in [1.165, 1.54) is 29.3 Å². The van der Waals surface area contributed by atoms with Crippen LogP contribution < -0.4 is 5.73 Å². The first-order chi connectivity index (χ1) is 14.2. The van der Waals surface area contributed by atoms with Gasteiger partial charge in [-0.1, -0.05) is 12.1 Å². The van der Waals surface area contributed by atoms with Crippen molar-refractivity contribution in [2.45, 2.75) is 37.8 Å². The van der Waals surface area contributed by atoms with Crippen molar-refractivity contribution in [2.24, 2.45) is 0 Å². The maximum Gasteiger partial charge on any atom is 0.276 e. The lowest BCUT2D eigenvalue weighted by molar-refractivity contribution is -0.129. The number of amides is 1. The van der Waals surface area contributed by atoms with Crippen LogP contribution in [-0.4, -0.2) is 68.3 Å². The van der Waals surface area contributed by atoms with Gasteiger partial charge in [0, 0.05) is 12.1 Å². The number of aryl methyl sites for hydroxylation is 1. The van der Waals surface area contributed by atoms with Gasteiger partial charge < -0.3 is 26.0 Å². The first-order valence-corrected chi connectivity index (χ1v) is 9.50. The highest BCUT2D eigenvalue weighted by atomic mass is 19.3. The average molecular weight is 422 g/mol. The third-order valence-corrected chi connectivity index (χ3v) is 5.47. The van der Waals surface area contributed by atoms with Crippen LogP contribution in [0.1, 0.15) is 34.5 Å². The second-order valence-electron chi connectivity index (χ2n) is 7.38. The zero-order valence-corrected chi connectivity index (χ0v) is 16.4. The normalized spacial score (nSPS) is 18.6. The molecule has 1 saturated heterocycles. The Hall–Kier alpha value is -2.69. The predicted molar refractivity (Wildman–Crippen MR) is 105 cm³/mol. The highest BCUT2D eigenvalue weighted by molar-refractivity contribution is 5.97. The molecule has 30 heavy (non-hydrogen) atoms. The highest BCUT2D eigenvalue weighted by Crippen LogP contribution is 2.33. The van der Waals surface area contributed by atoms with Crippen molar-refractivity contribution in [3.8, 4) is 11.3 Å². The minimum atomic E-state index is -3.21. The lowest BCUT2D eigenvalue weighted by atomic mass is 9.91. The Labute approximate surface area is 172 Å². The number of alkyl halides is 2. The highest BCUT2D eigenvalue weighted by Gasteiger charge is 2.39. The Kier molecular flexibility index (Phi) is 6.30. The molecule has 162 valence electrons. The van der Waals surface area contributed by atoms with Crippen LogP contribution in [0.25, 0.3) is 11.3 Å². The first kappa shape index (κ1) is 22.0. The number of nitrogens with zero attached hydrogens (tertiary/aromatic N) is 3. The molecule has 1 aromatic heterocycles.